The summed E-state index contributed by atoms with van der Waals surface area (Å²) in [6.07, 6.45) is 3.74. The van der Waals surface area contributed by atoms with Crippen molar-refractivity contribution in [1.82, 2.24) is 9.88 Å². The number of piperidine rings is 1. The molecular formula is C25H29N3O3S. The lowest BCUT2D eigenvalue weighted by Crippen LogP contribution is -2.32. The van der Waals surface area contributed by atoms with Crippen LogP contribution in [0.2, 0.25) is 0 Å². The lowest BCUT2D eigenvalue weighted by molar-refractivity contribution is 0.0780. The molecule has 6 nitrogen and oxygen atoms in total. The number of methoxy groups -OCH3 is 2. The molecule has 0 bridgehead atoms. The molecule has 1 amide bonds. The zero-order valence-corrected chi connectivity index (χ0v) is 19.7. The Kier molecular flexibility index (Phi) is 6.95. The van der Waals surface area contributed by atoms with Crippen LogP contribution in [0.25, 0.3) is 10.6 Å². The first-order valence-corrected chi connectivity index (χ1v) is 11.7. The molecule has 1 saturated heterocycles. The first-order valence-electron chi connectivity index (χ1n) is 10.9. The molecule has 2 heterocycles. The molecule has 0 N–H and O–H groups in total. The zero-order chi connectivity index (χ0) is 22.5. The number of para-hydroxylation sites is 1. The number of carbonyl (C=O) groups excluding carboxylic acids is 1. The van der Waals surface area contributed by atoms with Gasteiger partial charge in [-0.2, -0.15) is 0 Å². The summed E-state index contributed by atoms with van der Waals surface area (Å²) >= 11 is 1.45. The van der Waals surface area contributed by atoms with E-state index in [9.17, 15) is 4.79 Å². The smallest absolute Gasteiger partial charge is 0.273 e. The fourth-order valence-corrected chi connectivity index (χ4v) is 4.88. The maximum absolute atomic E-state index is 13.1. The molecule has 7 heteroatoms. The van der Waals surface area contributed by atoms with Crippen LogP contribution in [0, 0.1) is 0 Å². The number of rotatable bonds is 7. The molecule has 0 saturated carbocycles. The topological polar surface area (TPSA) is 54.9 Å². The third kappa shape index (κ3) is 4.72. The summed E-state index contributed by atoms with van der Waals surface area (Å²) in [6, 6.07) is 14.0. The molecular weight excluding hydrogens is 422 g/mol. The van der Waals surface area contributed by atoms with Crippen molar-refractivity contribution in [3.63, 3.8) is 0 Å². The third-order valence-electron chi connectivity index (χ3n) is 5.80. The molecule has 1 aliphatic heterocycles. The molecule has 0 radical (unpaired) electrons. The zero-order valence-electron chi connectivity index (χ0n) is 18.8. The Morgan fingerprint density at radius 2 is 1.81 bits per heavy atom. The number of benzene rings is 2. The average molecular weight is 452 g/mol. The highest BCUT2D eigenvalue weighted by atomic mass is 32.1. The molecule has 32 heavy (non-hydrogen) atoms. The first kappa shape index (κ1) is 22.1. The Balaban J connectivity index is 1.50. The summed E-state index contributed by atoms with van der Waals surface area (Å²) in [5.74, 6) is 1.22. The summed E-state index contributed by atoms with van der Waals surface area (Å²) < 4.78 is 10.7. The van der Waals surface area contributed by atoms with E-state index in [4.69, 9.17) is 9.47 Å². The predicted octanol–water partition coefficient (Wildman–Crippen LogP) is 5.09. The van der Waals surface area contributed by atoms with Crippen LogP contribution in [0.5, 0.6) is 11.5 Å². The number of anilines is 1. The second-order valence-electron chi connectivity index (χ2n) is 7.95. The number of carbonyl (C=O) groups is 1. The Morgan fingerprint density at radius 1 is 1.06 bits per heavy atom. The van der Waals surface area contributed by atoms with Crippen LogP contribution in [-0.2, 0) is 6.54 Å². The van der Waals surface area contributed by atoms with E-state index in [-0.39, 0.29) is 5.91 Å². The maximum atomic E-state index is 13.1. The van der Waals surface area contributed by atoms with Gasteiger partial charge >= 0.3 is 0 Å². The molecule has 0 aliphatic carbocycles. The van der Waals surface area contributed by atoms with E-state index >= 15 is 0 Å². The lowest BCUT2D eigenvalue weighted by atomic mass is 10.1. The summed E-state index contributed by atoms with van der Waals surface area (Å²) in [5, 5.41) is 2.60. The Hall–Kier alpha value is -3.06. The third-order valence-corrected chi connectivity index (χ3v) is 6.69. The highest BCUT2D eigenvalue weighted by Gasteiger charge is 2.20. The minimum Gasteiger partial charge on any atom is -0.493 e. The molecule has 0 spiro atoms. The Labute approximate surface area is 193 Å². The number of hydrogen-bond acceptors (Lipinski definition) is 6. The average Bonchev–Trinajstić information content (AvgIpc) is 3.34. The van der Waals surface area contributed by atoms with Crippen molar-refractivity contribution in [2.45, 2.75) is 25.8 Å². The second-order valence-corrected chi connectivity index (χ2v) is 8.80. The molecule has 1 aromatic heterocycles. The summed E-state index contributed by atoms with van der Waals surface area (Å²) in [5.41, 5.74) is 3.75. The number of nitrogens with zero attached hydrogens (tertiary/aromatic N) is 3. The van der Waals surface area contributed by atoms with Crippen LogP contribution in [0.1, 0.15) is 35.3 Å². The van der Waals surface area contributed by atoms with Gasteiger partial charge in [0.2, 0.25) is 0 Å². The van der Waals surface area contributed by atoms with Gasteiger partial charge in [-0.3, -0.25) is 4.79 Å². The van der Waals surface area contributed by atoms with Crippen LogP contribution in [-0.4, -0.2) is 50.1 Å². The van der Waals surface area contributed by atoms with Crippen LogP contribution >= 0.6 is 11.3 Å². The van der Waals surface area contributed by atoms with Gasteiger partial charge in [-0.25, -0.2) is 4.98 Å². The molecule has 1 aliphatic rings. The minimum absolute atomic E-state index is 0.0820. The second kappa shape index (κ2) is 10.0. The van der Waals surface area contributed by atoms with Gasteiger partial charge in [0.15, 0.2) is 11.5 Å². The molecule has 3 aromatic rings. The van der Waals surface area contributed by atoms with Gasteiger partial charge in [0.05, 0.1) is 14.2 Å². The van der Waals surface area contributed by atoms with Crippen molar-refractivity contribution in [3.8, 4) is 22.1 Å². The summed E-state index contributed by atoms with van der Waals surface area (Å²) in [7, 11) is 5.05. The molecule has 0 atom stereocenters. The standard InChI is InChI=1S/C25H29N3O3S/c1-27(16-19-9-5-6-10-21(19)28-13-7-4-8-14-28)25(29)20-17-32-24(26-20)18-11-12-22(30-2)23(15-18)31-3/h5-6,9-12,15,17H,4,7-8,13-14,16H2,1-3H3. The SMILES string of the molecule is COc1ccc(-c2nc(C(=O)N(C)Cc3ccccc3N3CCCCC3)cs2)cc1OC. The van der Waals surface area contributed by atoms with Crippen molar-refractivity contribution in [1.29, 1.82) is 0 Å². The van der Waals surface area contributed by atoms with Gasteiger partial charge < -0.3 is 19.3 Å². The number of thiazole rings is 1. The van der Waals surface area contributed by atoms with E-state index in [1.807, 2.05) is 36.7 Å². The quantitative estimate of drug-likeness (QED) is 0.501. The predicted molar refractivity (Wildman–Crippen MR) is 129 cm³/mol. The summed E-state index contributed by atoms with van der Waals surface area (Å²) in [4.78, 5) is 21.9. The molecule has 2 aromatic carbocycles. The number of amides is 1. The normalized spacial score (nSPS) is 13.7. The van der Waals surface area contributed by atoms with E-state index in [0.29, 0.717) is 23.7 Å². The largest absolute Gasteiger partial charge is 0.493 e. The highest BCUT2D eigenvalue weighted by molar-refractivity contribution is 7.13. The van der Waals surface area contributed by atoms with Crippen molar-refractivity contribution in [2.24, 2.45) is 0 Å². The van der Waals surface area contributed by atoms with Gasteiger partial charge in [0.25, 0.3) is 5.91 Å². The van der Waals surface area contributed by atoms with Crippen molar-refractivity contribution >= 4 is 22.9 Å². The van der Waals surface area contributed by atoms with Crippen molar-refractivity contribution in [3.05, 3.63) is 59.1 Å². The van der Waals surface area contributed by atoms with E-state index in [1.54, 1.807) is 19.1 Å². The van der Waals surface area contributed by atoms with Crippen molar-refractivity contribution < 1.29 is 14.3 Å². The summed E-state index contributed by atoms with van der Waals surface area (Å²) in [6.45, 7) is 2.71. The fourth-order valence-electron chi connectivity index (χ4n) is 4.08. The first-order chi connectivity index (χ1) is 15.6. The van der Waals surface area contributed by atoms with Crippen LogP contribution in [0.15, 0.2) is 47.8 Å². The fraction of sp³-hybridized carbons (Fsp3) is 0.360. The van der Waals surface area contributed by atoms with E-state index < -0.39 is 0 Å². The lowest BCUT2D eigenvalue weighted by Gasteiger charge is -2.31. The van der Waals surface area contributed by atoms with Gasteiger partial charge in [-0.05, 0) is 49.1 Å². The van der Waals surface area contributed by atoms with Gasteiger partial charge in [-0.15, -0.1) is 11.3 Å². The van der Waals surface area contributed by atoms with E-state index in [1.165, 1.54) is 41.9 Å². The van der Waals surface area contributed by atoms with Crippen LogP contribution in [0.4, 0.5) is 5.69 Å². The maximum Gasteiger partial charge on any atom is 0.273 e. The van der Waals surface area contributed by atoms with Crippen molar-refractivity contribution in [2.75, 3.05) is 39.3 Å². The highest BCUT2D eigenvalue weighted by Crippen LogP contribution is 2.34. The number of ether oxygens (including phenoxy) is 2. The van der Waals surface area contributed by atoms with E-state index in [2.05, 4.69) is 28.1 Å². The molecule has 4 rings (SSSR count). The molecule has 168 valence electrons. The minimum atomic E-state index is -0.0820. The van der Waals surface area contributed by atoms with Crippen LogP contribution in [0.3, 0.4) is 0 Å². The Bertz CT molecular complexity index is 1080. The van der Waals surface area contributed by atoms with Gasteiger partial charge in [0.1, 0.15) is 10.7 Å². The molecule has 1 fully saturated rings. The monoisotopic (exact) mass is 451 g/mol. The number of aromatic nitrogens is 1. The van der Waals surface area contributed by atoms with E-state index in [0.717, 1.165) is 23.7 Å². The Morgan fingerprint density at radius 3 is 2.56 bits per heavy atom. The molecule has 0 unspecified atom stereocenters. The van der Waals surface area contributed by atoms with Crippen LogP contribution < -0.4 is 14.4 Å². The number of hydrogen-bond donors (Lipinski definition) is 0. The van der Waals surface area contributed by atoms with Gasteiger partial charge in [-0.1, -0.05) is 18.2 Å². The van der Waals surface area contributed by atoms with Gasteiger partial charge in [0, 0.05) is 43.3 Å².